The van der Waals surface area contributed by atoms with Crippen molar-refractivity contribution in [3.8, 4) is 5.75 Å². The topological polar surface area (TPSA) is 90.7 Å². The summed E-state index contributed by atoms with van der Waals surface area (Å²) in [6.07, 6.45) is 1.35. The van der Waals surface area contributed by atoms with E-state index < -0.39 is 4.92 Å². The van der Waals surface area contributed by atoms with Crippen molar-refractivity contribution in [1.82, 2.24) is 5.32 Å². The molecule has 1 unspecified atom stereocenters. The van der Waals surface area contributed by atoms with Crippen molar-refractivity contribution in [2.24, 2.45) is 0 Å². The van der Waals surface area contributed by atoms with Crippen LogP contribution in [0.15, 0.2) is 12.1 Å². The zero-order valence-electron chi connectivity index (χ0n) is 12.8. The lowest BCUT2D eigenvalue weighted by Crippen LogP contribution is -2.41. The number of ether oxygens (including phenoxy) is 2. The van der Waals surface area contributed by atoms with E-state index in [2.05, 4.69) is 5.32 Å². The molecule has 0 aromatic heterocycles. The average Bonchev–Trinajstić information content (AvgIpc) is 2.52. The molecule has 0 saturated heterocycles. The highest BCUT2D eigenvalue weighted by Gasteiger charge is 2.30. The number of aryl methyl sites for hydroxylation is 1. The SMILES string of the molecule is CCOCCNC1CCc2cc(OC)c([N+](=O)[O-])cc2C1=O. The van der Waals surface area contributed by atoms with Crippen LogP contribution in [-0.2, 0) is 11.2 Å². The third-order valence-electron chi connectivity index (χ3n) is 3.73. The van der Waals surface area contributed by atoms with Crippen LogP contribution in [0.3, 0.4) is 0 Å². The van der Waals surface area contributed by atoms with Gasteiger partial charge >= 0.3 is 5.69 Å². The monoisotopic (exact) mass is 308 g/mol. The molecule has 0 heterocycles. The number of benzene rings is 1. The molecule has 2 rings (SSSR count). The second kappa shape index (κ2) is 7.33. The number of carbonyl (C=O) groups excluding carboxylic acids is 1. The molecule has 1 aromatic rings. The highest BCUT2D eigenvalue weighted by molar-refractivity contribution is 6.03. The van der Waals surface area contributed by atoms with E-state index in [0.29, 0.717) is 38.2 Å². The van der Waals surface area contributed by atoms with Crippen LogP contribution in [0.4, 0.5) is 5.69 Å². The highest BCUT2D eigenvalue weighted by Crippen LogP contribution is 2.33. The van der Waals surface area contributed by atoms with E-state index in [0.717, 1.165) is 5.56 Å². The minimum absolute atomic E-state index is 0.108. The maximum Gasteiger partial charge on any atom is 0.311 e. The molecular formula is C15H20N2O5. The third-order valence-corrected chi connectivity index (χ3v) is 3.73. The third kappa shape index (κ3) is 3.42. The van der Waals surface area contributed by atoms with Gasteiger partial charge in [-0.15, -0.1) is 0 Å². The van der Waals surface area contributed by atoms with E-state index in [1.54, 1.807) is 6.07 Å². The molecule has 0 spiro atoms. The summed E-state index contributed by atoms with van der Waals surface area (Å²) in [4.78, 5) is 23.0. The molecule has 0 fully saturated rings. The predicted octanol–water partition coefficient (Wildman–Crippen LogP) is 1.73. The molecule has 0 bridgehead atoms. The molecular weight excluding hydrogens is 288 g/mol. The highest BCUT2D eigenvalue weighted by atomic mass is 16.6. The van der Waals surface area contributed by atoms with Gasteiger partial charge in [0.2, 0.25) is 0 Å². The summed E-state index contributed by atoms with van der Waals surface area (Å²) in [7, 11) is 1.39. The summed E-state index contributed by atoms with van der Waals surface area (Å²) in [6, 6.07) is 2.61. The van der Waals surface area contributed by atoms with Gasteiger partial charge in [-0.1, -0.05) is 0 Å². The molecule has 120 valence electrons. The minimum Gasteiger partial charge on any atom is -0.490 e. The summed E-state index contributed by atoms with van der Waals surface area (Å²) in [5.41, 5.74) is 1.03. The van der Waals surface area contributed by atoms with Crippen molar-refractivity contribution < 1.29 is 19.2 Å². The summed E-state index contributed by atoms with van der Waals surface area (Å²) in [5, 5.41) is 14.2. The number of nitrogens with zero attached hydrogens (tertiary/aromatic N) is 1. The summed E-state index contributed by atoms with van der Waals surface area (Å²) in [5.74, 6) is 0.0859. The first kappa shape index (κ1) is 16.4. The van der Waals surface area contributed by atoms with Crippen LogP contribution >= 0.6 is 0 Å². The van der Waals surface area contributed by atoms with Crippen LogP contribution in [0.5, 0.6) is 5.75 Å². The number of rotatable bonds is 7. The van der Waals surface area contributed by atoms with E-state index in [-0.39, 0.29) is 23.3 Å². The average molecular weight is 308 g/mol. The van der Waals surface area contributed by atoms with Gasteiger partial charge in [0.15, 0.2) is 11.5 Å². The molecule has 0 amide bonds. The van der Waals surface area contributed by atoms with Gasteiger partial charge in [-0.2, -0.15) is 0 Å². The Balaban J connectivity index is 2.18. The number of Topliss-reactive ketones (excluding diaryl/α,β-unsaturated/α-hetero) is 1. The Hall–Kier alpha value is -1.99. The van der Waals surface area contributed by atoms with Crippen LogP contribution in [0, 0.1) is 10.1 Å². The van der Waals surface area contributed by atoms with Crippen LogP contribution in [0.25, 0.3) is 0 Å². The van der Waals surface area contributed by atoms with Crippen molar-refractivity contribution in [2.75, 3.05) is 26.9 Å². The first-order chi connectivity index (χ1) is 10.6. The van der Waals surface area contributed by atoms with Crippen molar-refractivity contribution in [3.05, 3.63) is 33.4 Å². The molecule has 1 atom stereocenters. The number of nitro groups is 1. The summed E-state index contributed by atoms with van der Waals surface area (Å²) < 4.78 is 10.3. The molecule has 1 aliphatic carbocycles. The van der Waals surface area contributed by atoms with Crippen LogP contribution in [-0.4, -0.2) is 43.6 Å². The van der Waals surface area contributed by atoms with E-state index in [9.17, 15) is 14.9 Å². The Labute approximate surface area is 128 Å². The van der Waals surface area contributed by atoms with Gasteiger partial charge in [0.1, 0.15) is 0 Å². The van der Waals surface area contributed by atoms with Gasteiger partial charge in [0, 0.05) is 24.8 Å². The number of nitrogens with one attached hydrogen (secondary N) is 1. The molecule has 1 N–H and O–H groups in total. The fourth-order valence-electron chi connectivity index (χ4n) is 2.62. The van der Waals surface area contributed by atoms with E-state index in [1.165, 1.54) is 13.2 Å². The molecule has 0 aliphatic heterocycles. The lowest BCUT2D eigenvalue weighted by atomic mass is 9.86. The van der Waals surface area contributed by atoms with Crippen LogP contribution in [0.1, 0.15) is 29.3 Å². The minimum atomic E-state index is -0.529. The van der Waals surface area contributed by atoms with Crippen molar-refractivity contribution in [2.45, 2.75) is 25.8 Å². The molecule has 7 heteroatoms. The van der Waals surface area contributed by atoms with Crippen molar-refractivity contribution >= 4 is 11.5 Å². The lowest BCUT2D eigenvalue weighted by Gasteiger charge is -2.24. The Kier molecular flexibility index (Phi) is 5.46. The number of hydrogen-bond acceptors (Lipinski definition) is 6. The maximum atomic E-state index is 12.5. The quantitative estimate of drug-likeness (QED) is 0.468. The smallest absolute Gasteiger partial charge is 0.311 e. The Morgan fingerprint density at radius 3 is 2.86 bits per heavy atom. The maximum absolute atomic E-state index is 12.5. The molecule has 1 aliphatic rings. The summed E-state index contributed by atoms with van der Waals surface area (Å²) in [6.45, 7) is 3.66. The lowest BCUT2D eigenvalue weighted by molar-refractivity contribution is -0.385. The van der Waals surface area contributed by atoms with Gasteiger partial charge in [0.25, 0.3) is 0 Å². The van der Waals surface area contributed by atoms with Crippen LogP contribution < -0.4 is 10.1 Å². The van der Waals surface area contributed by atoms with Crippen LogP contribution in [0.2, 0.25) is 0 Å². The van der Waals surface area contributed by atoms with Crippen molar-refractivity contribution in [3.63, 3.8) is 0 Å². The Bertz CT molecular complexity index is 573. The standard InChI is InChI=1S/C15H20N2O5/c1-3-22-7-6-16-12-5-4-10-8-14(21-2)13(17(19)20)9-11(10)15(12)18/h8-9,12,16H,3-7H2,1-2H3. The normalized spacial score (nSPS) is 17.2. The van der Waals surface area contributed by atoms with Crippen molar-refractivity contribution in [1.29, 1.82) is 0 Å². The van der Waals surface area contributed by atoms with E-state index >= 15 is 0 Å². The van der Waals surface area contributed by atoms with Gasteiger partial charge in [0.05, 0.1) is 24.7 Å². The molecule has 22 heavy (non-hydrogen) atoms. The Morgan fingerprint density at radius 2 is 2.23 bits per heavy atom. The number of fused-ring (bicyclic) bond motifs is 1. The molecule has 0 saturated carbocycles. The Morgan fingerprint density at radius 1 is 1.45 bits per heavy atom. The van der Waals surface area contributed by atoms with Gasteiger partial charge in [-0.25, -0.2) is 0 Å². The predicted molar refractivity (Wildman–Crippen MR) is 80.6 cm³/mol. The number of nitro benzene ring substituents is 1. The fourth-order valence-corrected chi connectivity index (χ4v) is 2.62. The first-order valence-electron chi connectivity index (χ1n) is 7.29. The van der Waals surface area contributed by atoms with Gasteiger partial charge < -0.3 is 14.8 Å². The number of carbonyl (C=O) groups is 1. The zero-order valence-corrected chi connectivity index (χ0v) is 12.8. The molecule has 0 radical (unpaired) electrons. The largest absolute Gasteiger partial charge is 0.490 e. The number of methoxy groups -OCH3 is 1. The number of hydrogen-bond donors (Lipinski definition) is 1. The zero-order chi connectivity index (χ0) is 16.1. The van der Waals surface area contributed by atoms with E-state index in [1.807, 2.05) is 6.92 Å². The summed E-state index contributed by atoms with van der Waals surface area (Å²) >= 11 is 0. The van der Waals surface area contributed by atoms with Gasteiger partial charge in [-0.3, -0.25) is 14.9 Å². The first-order valence-corrected chi connectivity index (χ1v) is 7.29. The fraction of sp³-hybridized carbons (Fsp3) is 0.533. The molecule has 1 aromatic carbocycles. The second-order valence-electron chi connectivity index (χ2n) is 5.04. The second-order valence-corrected chi connectivity index (χ2v) is 5.04. The number of ketones is 1. The van der Waals surface area contributed by atoms with E-state index in [4.69, 9.17) is 9.47 Å². The van der Waals surface area contributed by atoms with Gasteiger partial charge in [-0.05, 0) is 31.4 Å². The molecule has 7 nitrogen and oxygen atoms in total.